The smallest absolute Gasteiger partial charge is 0.221 e. The summed E-state index contributed by atoms with van der Waals surface area (Å²) in [7, 11) is -3.54. The molecule has 0 spiro atoms. The van der Waals surface area contributed by atoms with Crippen molar-refractivity contribution in [2.75, 3.05) is 32.1 Å². The Morgan fingerprint density at radius 3 is 2.79 bits per heavy atom. The van der Waals surface area contributed by atoms with E-state index in [9.17, 15) is 13.2 Å². The van der Waals surface area contributed by atoms with Crippen LogP contribution in [0.5, 0.6) is 11.5 Å². The van der Waals surface area contributed by atoms with Crippen LogP contribution in [0.2, 0.25) is 0 Å². The monoisotopic (exact) mass is 354 g/mol. The first-order valence-corrected chi connectivity index (χ1v) is 9.82. The van der Waals surface area contributed by atoms with Gasteiger partial charge in [0.1, 0.15) is 13.2 Å². The number of fused-ring (bicyclic) bond motifs is 1. The topological polar surface area (TPSA) is 93.7 Å². The molecule has 2 N–H and O–H groups in total. The molecule has 1 aromatic rings. The van der Waals surface area contributed by atoms with Crippen LogP contribution in [0.1, 0.15) is 19.3 Å². The Bertz CT molecular complexity index is 698. The van der Waals surface area contributed by atoms with Gasteiger partial charge in [0, 0.05) is 25.1 Å². The summed E-state index contributed by atoms with van der Waals surface area (Å²) in [6, 6.07) is 4.64. The third-order valence-electron chi connectivity index (χ3n) is 4.13. The second-order valence-electron chi connectivity index (χ2n) is 5.99. The molecule has 0 aromatic heterocycles. The average Bonchev–Trinajstić information content (AvgIpc) is 2.60. The minimum Gasteiger partial charge on any atom is -0.486 e. The highest BCUT2D eigenvalue weighted by Gasteiger charge is 2.22. The van der Waals surface area contributed by atoms with Gasteiger partial charge in [0.05, 0.1) is 10.6 Å². The number of nitrogens with one attached hydrogen (secondary N) is 2. The fourth-order valence-electron chi connectivity index (χ4n) is 2.84. The van der Waals surface area contributed by atoms with Crippen molar-refractivity contribution in [2.45, 2.75) is 30.2 Å². The fraction of sp³-hybridized carbons (Fsp3) is 0.562. The molecule has 0 radical (unpaired) electrons. The van der Waals surface area contributed by atoms with E-state index in [1.54, 1.807) is 6.07 Å². The molecule has 8 heteroatoms. The van der Waals surface area contributed by atoms with Gasteiger partial charge in [-0.05, 0) is 31.5 Å². The van der Waals surface area contributed by atoms with Crippen LogP contribution in [0.3, 0.4) is 0 Å². The van der Waals surface area contributed by atoms with E-state index in [0.29, 0.717) is 24.7 Å². The zero-order valence-electron chi connectivity index (χ0n) is 13.4. The molecule has 1 fully saturated rings. The standard InChI is InChI=1S/C16H22N2O5S/c19-16(18-12-2-1-6-17-11-12)5-9-24(20,21)13-3-4-14-15(10-13)23-8-7-22-14/h3-4,10,12,17H,1-2,5-9,11H2,(H,18,19). The van der Waals surface area contributed by atoms with Crippen LogP contribution >= 0.6 is 0 Å². The van der Waals surface area contributed by atoms with Crippen molar-refractivity contribution in [3.8, 4) is 11.5 Å². The van der Waals surface area contributed by atoms with Gasteiger partial charge in [0.15, 0.2) is 21.3 Å². The quantitative estimate of drug-likeness (QED) is 0.799. The largest absolute Gasteiger partial charge is 0.486 e. The predicted octanol–water partition coefficient (Wildman–Crippen LogP) is 0.490. The molecule has 0 saturated carbocycles. The number of ether oxygens (including phenoxy) is 2. The molecule has 2 aliphatic heterocycles. The number of hydrogen-bond donors (Lipinski definition) is 2. The van der Waals surface area contributed by atoms with Crippen LogP contribution in [-0.4, -0.2) is 52.4 Å². The van der Waals surface area contributed by atoms with Crippen molar-refractivity contribution in [3.63, 3.8) is 0 Å². The van der Waals surface area contributed by atoms with Crippen molar-refractivity contribution in [3.05, 3.63) is 18.2 Å². The van der Waals surface area contributed by atoms with Gasteiger partial charge < -0.3 is 20.1 Å². The molecule has 1 saturated heterocycles. The number of carbonyl (C=O) groups excluding carboxylic acids is 1. The van der Waals surface area contributed by atoms with Crippen molar-refractivity contribution in [2.24, 2.45) is 0 Å². The molecule has 2 heterocycles. The maximum atomic E-state index is 12.4. The van der Waals surface area contributed by atoms with Crippen LogP contribution in [0, 0.1) is 0 Å². The van der Waals surface area contributed by atoms with Gasteiger partial charge in [-0.2, -0.15) is 0 Å². The Balaban J connectivity index is 1.58. The Morgan fingerprint density at radius 1 is 1.25 bits per heavy atom. The summed E-state index contributed by atoms with van der Waals surface area (Å²) in [6.07, 6.45) is 1.89. The van der Waals surface area contributed by atoms with E-state index in [2.05, 4.69) is 10.6 Å². The summed E-state index contributed by atoms with van der Waals surface area (Å²) in [5.41, 5.74) is 0. The van der Waals surface area contributed by atoms with E-state index in [4.69, 9.17) is 9.47 Å². The Morgan fingerprint density at radius 2 is 2.04 bits per heavy atom. The summed E-state index contributed by atoms with van der Waals surface area (Å²) >= 11 is 0. The van der Waals surface area contributed by atoms with E-state index in [-0.39, 0.29) is 29.0 Å². The first-order chi connectivity index (χ1) is 11.5. The van der Waals surface area contributed by atoms with Gasteiger partial charge in [-0.25, -0.2) is 8.42 Å². The molecule has 0 bridgehead atoms. The van der Waals surface area contributed by atoms with E-state index in [1.165, 1.54) is 12.1 Å². The molecular weight excluding hydrogens is 332 g/mol. The van der Waals surface area contributed by atoms with Crippen molar-refractivity contribution < 1.29 is 22.7 Å². The van der Waals surface area contributed by atoms with E-state index < -0.39 is 9.84 Å². The lowest BCUT2D eigenvalue weighted by Crippen LogP contribution is -2.45. The lowest BCUT2D eigenvalue weighted by atomic mass is 10.1. The highest BCUT2D eigenvalue weighted by atomic mass is 32.2. The molecule has 0 aliphatic carbocycles. The van der Waals surface area contributed by atoms with E-state index >= 15 is 0 Å². The molecule has 132 valence electrons. The third kappa shape index (κ3) is 4.18. The van der Waals surface area contributed by atoms with Gasteiger partial charge >= 0.3 is 0 Å². The molecule has 1 aromatic carbocycles. The zero-order valence-corrected chi connectivity index (χ0v) is 14.2. The minimum atomic E-state index is -3.54. The zero-order chi connectivity index (χ0) is 17.0. The molecule has 3 rings (SSSR count). The number of benzene rings is 1. The predicted molar refractivity (Wildman–Crippen MR) is 88.1 cm³/mol. The maximum Gasteiger partial charge on any atom is 0.221 e. The lowest BCUT2D eigenvalue weighted by Gasteiger charge is -2.23. The summed E-state index contributed by atoms with van der Waals surface area (Å²) in [5, 5.41) is 6.09. The van der Waals surface area contributed by atoms with Crippen molar-refractivity contribution in [1.82, 2.24) is 10.6 Å². The van der Waals surface area contributed by atoms with Crippen molar-refractivity contribution >= 4 is 15.7 Å². The fourth-order valence-corrected chi connectivity index (χ4v) is 4.09. The van der Waals surface area contributed by atoms with Crippen LogP contribution in [0.4, 0.5) is 0 Å². The molecule has 2 aliphatic rings. The summed E-state index contributed by atoms with van der Waals surface area (Å²) < 4.78 is 35.6. The number of hydrogen-bond acceptors (Lipinski definition) is 6. The first-order valence-electron chi connectivity index (χ1n) is 8.17. The molecule has 24 heavy (non-hydrogen) atoms. The molecule has 7 nitrogen and oxygen atoms in total. The second-order valence-corrected chi connectivity index (χ2v) is 8.09. The number of sulfone groups is 1. The van der Waals surface area contributed by atoms with Crippen LogP contribution in [-0.2, 0) is 14.6 Å². The first kappa shape index (κ1) is 17.0. The van der Waals surface area contributed by atoms with Crippen LogP contribution in [0.25, 0.3) is 0 Å². The van der Waals surface area contributed by atoms with E-state index in [1.807, 2.05) is 0 Å². The van der Waals surface area contributed by atoms with Gasteiger partial charge in [-0.1, -0.05) is 0 Å². The molecule has 1 amide bonds. The summed E-state index contributed by atoms with van der Waals surface area (Å²) in [4.78, 5) is 12.1. The molecule has 1 unspecified atom stereocenters. The number of amides is 1. The second kappa shape index (κ2) is 7.40. The highest BCUT2D eigenvalue weighted by Crippen LogP contribution is 2.32. The summed E-state index contributed by atoms with van der Waals surface area (Å²) in [5.74, 6) is 0.520. The number of piperidine rings is 1. The number of rotatable bonds is 5. The maximum absolute atomic E-state index is 12.4. The Kier molecular flexibility index (Phi) is 5.25. The van der Waals surface area contributed by atoms with Crippen molar-refractivity contribution in [1.29, 1.82) is 0 Å². The van der Waals surface area contributed by atoms with Gasteiger partial charge in [-0.15, -0.1) is 0 Å². The van der Waals surface area contributed by atoms with Gasteiger partial charge in [-0.3, -0.25) is 4.79 Å². The van der Waals surface area contributed by atoms with E-state index in [0.717, 1.165) is 25.9 Å². The number of carbonyl (C=O) groups is 1. The summed E-state index contributed by atoms with van der Waals surface area (Å²) in [6.45, 7) is 2.55. The average molecular weight is 354 g/mol. The minimum absolute atomic E-state index is 0.0483. The van der Waals surface area contributed by atoms with Crippen LogP contribution in [0.15, 0.2) is 23.1 Å². The van der Waals surface area contributed by atoms with Gasteiger partial charge in [0.2, 0.25) is 5.91 Å². The Hall–Kier alpha value is -1.80. The van der Waals surface area contributed by atoms with Crippen LogP contribution < -0.4 is 20.1 Å². The van der Waals surface area contributed by atoms with Gasteiger partial charge in [0.25, 0.3) is 0 Å². The third-order valence-corrected chi connectivity index (χ3v) is 5.85. The molecular formula is C16H22N2O5S. The lowest BCUT2D eigenvalue weighted by molar-refractivity contribution is -0.121. The Labute approximate surface area is 141 Å². The highest BCUT2D eigenvalue weighted by molar-refractivity contribution is 7.91. The SMILES string of the molecule is O=C(CCS(=O)(=O)c1ccc2c(c1)OCCO2)NC1CCCNC1. The molecule has 1 atom stereocenters. The normalized spacial score (nSPS) is 20.4.